The van der Waals surface area contributed by atoms with E-state index in [1.165, 1.54) is 16.8 Å². The minimum absolute atomic E-state index is 0.149. The first kappa shape index (κ1) is 18.0. The van der Waals surface area contributed by atoms with Gasteiger partial charge in [0.15, 0.2) is 0 Å². The highest BCUT2D eigenvalue weighted by atomic mass is 16.5. The summed E-state index contributed by atoms with van der Waals surface area (Å²) >= 11 is 0. The average molecular weight is 343 g/mol. The molecule has 1 N–H and O–H groups in total. The molecule has 2 aromatic rings. The molecule has 0 bridgehead atoms. The Balaban J connectivity index is 1.60. The van der Waals surface area contributed by atoms with Gasteiger partial charge < -0.3 is 14.8 Å². The van der Waals surface area contributed by atoms with Gasteiger partial charge in [-0.2, -0.15) is 5.10 Å². The van der Waals surface area contributed by atoms with Crippen LogP contribution < -0.4 is 10.1 Å². The summed E-state index contributed by atoms with van der Waals surface area (Å²) in [7, 11) is 2.00. The van der Waals surface area contributed by atoms with Crippen LogP contribution in [0.3, 0.4) is 0 Å². The maximum Gasteiger partial charge on any atom is 0.119 e. The quantitative estimate of drug-likeness (QED) is 0.838. The Morgan fingerprint density at radius 3 is 2.92 bits per heavy atom. The number of benzene rings is 1. The number of hydrogen-bond donors (Lipinski definition) is 1. The Labute approximate surface area is 150 Å². The zero-order valence-electron chi connectivity index (χ0n) is 15.7. The van der Waals surface area contributed by atoms with Crippen LogP contribution in [-0.2, 0) is 18.3 Å². The van der Waals surface area contributed by atoms with Gasteiger partial charge in [0, 0.05) is 43.9 Å². The monoisotopic (exact) mass is 343 g/mol. The van der Waals surface area contributed by atoms with Crippen molar-refractivity contribution in [3.63, 3.8) is 0 Å². The van der Waals surface area contributed by atoms with Gasteiger partial charge in [-0.05, 0) is 44.9 Å². The van der Waals surface area contributed by atoms with Crippen molar-refractivity contribution in [2.45, 2.75) is 39.8 Å². The van der Waals surface area contributed by atoms with E-state index >= 15 is 0 Å². The summed E-state index contributed by atoms with van der Waals surface area (Å²) in [6.45, 7) is 9.51. The molecule has 0 spiro atoms. The Hall–Kier alpha value is -1.85. The smallest absolute Gasteiger partial charge is 0.119 e. The van der Waals surface area contributed by atoms with E-state index in [9.17, 15) is 0 Å². The number of ether oxygens (including phenoxy) is 2. The van der Waals surface area contributed by atoms with Crippen molar-refractivity contribution < 1.29 is 9.47 Å². The summed E-state index contributed by atoms with van der Waals surface area (Å²) in [4.78, 5) is 0. The molecule has 0 radical (unpaired) electrons. The fraction of sp³-hybridized carbons (Fsp3) is 0.550. The van der Waals surface area contributed by atoms with Crippen molar-refractivity contribution in [3.8, 4) is 5.75 Å². The zero-order valence-corrected chi connectivity index (χ0v) is 15.7. The van der Waals surface area contributed by atoms with Crippen molar-refractivity contribution in [2.24, 2.45) is 13.0 Å². The highest BCUT2D eigenvalue weighted by molar-refractivity contribution is 5.29. The summed E-state index contributed by atoms with van der Waals surface area (Å²) in [5.41, 5.74) is 4.81. The normalized spacial score (nSPS) is 20.2. The zero-order chi connectivity index (χ0) is 17.8. The molecular weight excluding hydrogens is 314 g/mol. The van der Waals surface area contributed by atoms with Gasteiger partial charge in [-0.3, -0.25) is 4.68 Å². The van der Waals surface area contributed by atoms with Crippen LogP contribution in [0.25, 0.3) is 0 Å². The molecule has 1 aromatic heterocycles. The number of aryl methyl sites for hydroxylation is 2. The molecule has 2 atom stereocenters. The van der Waals surface area contributed by atoms with Crippen LogP contribution in [0.2, 0.25) is 0 Å². The molecule has 136 valence electrons. The lowest BCUT2D eigenvalue weighted by Gasteiger charge is -2.20. The lowest BCUT2D eigenvalue weighted by atomic mass is 9.94. The number of nitrogens with one attached hydrogen (secondary N) is 1. The summed E-state index contributed by atoms with van der Waals surface area (Å²) in [6, 6.07) is 8.29. The topological polar surface area (TPSA) is 48.3 Å². The molecule has 5 nitrogen and oxygen atoms in total. The standard InChI is InChI=1S/C20H29N3O2/c1-5-24-18-8-6-7-16(11-18)12-21-13-17-9-10-25-20(17)19-14(2)22-23(4)15(19)3/h6-8,11,17,20-21H,5,9-10,12-13H2,1-4H3/t17-,20-/m1/s1. The lowest BCUT2D eigenvalue weighted by Crippen LogP contribution is -2.25. The van der Waals surface area contributed by atoms with Crippen molar-refractivity contribution in [1.29, 1.82) is 0 Å². The van der Waals surface area contributed by atoms with E-state index in [2.05, 4.69) is 36.4 Å². The third-order valence-electron chi connectivity index (χ3n) is 5.01. The Morgan fingerprint density at radius 2 is 2.20 bits per heavy atom. The largest absolute Gasteiger partial charge is 0.494 e. The van der Waals surface area contributed by atoms with Gasteiger partial charge in [0.25, 0.3) is 0 Å². The van der Waals surface area contributed by atoms with E-state index in [-0.39, 0.29) is 6.10 Å². The van der Waals surface area contributed by atoms with Crippen LogP contribution in [0.4, 0.5) is 0 Å². The third-order valence-corrected chi connectivity index (χ3v) is 5.01. The average Bonchev–Trinajstić information content (AvgIpc) is 3.13. The third kappa shape index (κ3) is 4.05. The second-order valence-corrected chi connectivity index (χ2v) is 6.76. The summed E-state index contributed by atoms with van der Waals surface area (Å²) in [5.74, 6) is 1.42. The van der Waals surface area contributed by atoms with Gasteiger partial charge in [-0.25, -0.2) is 0 Å². The summed E-state index contributed by atoms with van der Waals surface area (Å²) in [5, 5.41) is 8.14. The van der Waals surface area contributed by atoms with E-state index < -0.39 is 0 Å². The molecular formula is C20H29N3O2. The molecule has 1 fully saturated rings. The van der Waals surface area contributed by atoms with Crippen molar-refractivity contribution in [1.82, 2.24) is 15.1 Å². The molecule has 1 aromatic carbocycles. The number of hydrogen-bond acceptors (Lipinski definition) is 4. The molecule has 1 aliphatic heterocycles. The van der Waals surface area contributed by atoms with E-state index in [1.54, 1.807) is 0 Å². The fourth-order valence-electron chi connectivity index (χ4n) is 3.68. The molecule has 1 saturated heterocycles. The first-order chi connectivity index (χ1) is 12.1. The van der Waals surface area contributed by atoms with E-state index in [1.807, 2.05) is 30.8 Å². The minimum atomic E-state index is 0.149. The minimum Gasteiger partial charge on any atom is -0.494 e. The molecule has 25 heavy (non-hydrogen) atoms. The van der Waals surface area contributed by atoms with Crippen molar-refractivity contribution in [2.75, 3.05) is 19.8 Å². The molecule has 2 heterocycles. The van der Waals surface area contributed by atoms with E-state index in [4.69, 9.17) is 9.47 Å². The van der Waals surface area contributed by atoms with Gasteiger partial charge in [-0.1, -0.05) is 12.1 Å². The van der Waals surface area contributed by atoms with Crippen LogP contribution >= 0.6 is 0 Å². The number of rotatable bonds is 7. The molecule has 0 unspecified atom stereocenters. The molecule has 0 aliphatic carbocycles. The van der Waals surface area contributed by atoms with Gasteiger partial charge >= 0.3 is 0 Å². The molecule has 0 amide bonds. The highest BCUT2D eigenvalue weighted by Gasteiger charge is 2.33. The second kappa shape index (κ2) is 8.02. The van der Waals surface area contributed by atoms with Crippen LogP contribution in [0.15, 0.2) is 24.3 Å². The van der Waals surface area contributed by atoms with Gasteiger partial charge in [0.05, 0.1) is 18.4 Å². The van der Waals surface area contributed by atoms with Crippen LogP contribution in [-0.4, -0.2) is 29.5 Å². The molecule has 3 rings (SSSR count). The number of nitrogens with zero attached hydrogens (tertiary/aromatic N) is 2. The predicted molar refractivity (Wildman–Crippen MR) is 98.8 cm³/mol. The predicted octanol–water partition coefficient (Wildman–Crippen LogP) is 3.30. The first-order valence-electron chi connectivity index (χ1n) is 9.14. The van der Waals surface area contributed by atoms with E-state index in [0.717, 1.165) is 37.6 Å². The van der Waals surface area contributed by atoms with E-state index in [0.29, 0.717) is 12.5 Å². The SMILES string of the molecule is CCOc1cccc(CNC[C@H]2CCO[C@H]2c2c(C)nn(C)c2C)c1. The van der Waals surface area contributed by atoms with Gasteiger partial charge in [0.2, 0.25) is 0 Å². The maximum absolute atomic E-state index is 6.07. The number of aromatic nitrogens is 2. The second-order valence-electron chi connectivity index (χ2n) is 6.76. The molecule has 0 saturated carbocycles. The van der Waals surface area contributed by atoms with Crippen molar-refractivity contribution in [3.05, 3.63) is 46.8 Å². The first-order valence-corrected chi connectivity index (χ1v) is 9.14. The summed E-state index contributed by atoms with van der Waals surface area (Å²) in [6.07, 6.45) is 1.24. The summed E-state index contributed by atoms with van der Waals surface area (Å²) < 4.78 is 13.6. The Morgan fingerprint density at radius 1 is 1.36 bits per heavy atom. The van der Waals surface area contributed by atoms with Gasteiger partial charge in [0.1, 0.15) is 5.75 Å². The van der Waals surface area contributed by atoms with Crippen LogP contribution in [0.1, 0.15) is 42.0 Å². The molecule has 1 aliphatic rings. The van der Waals surface area contributed by atoms with Crippen LogP contribution in [0.5, 0.6) is 5.75 Å². The maximum atomic E-state index is 6.07. The highest BCUT2D eigenvalue weighted by Crippen LogP contribution is 2.37. The Kier molecular flexibility index (Phi) is 5.76. The Bertz CT molecular complexity index is 711. The van der Waals surface area contributed by atoms with Crippen molar-refractivity contribution >= 4 is 0 Å². The van der Waals surface area contributed by atoms with Crippen LogP contribution in [0, 0.1) is 19.8 Å². The lowest BCUT2D eigenvalue weighted by molar-refractivity contribution is 0.0893. The van der Waals surface area contributed by atoms with Gasteiger partial charge in [-0.15, -0.1) is 0 Å². The fourth-order valence-corrected chi connectivity index (χ4v) is 3.68. The molecule has 5 heteroatoms.